The lowest BCUT2D eigenvalue weighted by molar-refractivity contribution is 0.186. The molecule has 25 heavy (non-hydrogen) atoms. The summed E-state index contributed by atoms with van der Waals surface area (Å²) in [6.07, 6.45) is 5.74. The molecule has 0 amide bonds. The van der Waals surface area contributed by atoms with Gasteiger partial charge in [-0.25, -0.2) is 0 Å². The van der Waals surface area contributed by atoms with Gasteiger partial charge in [0.2, 0.25) is 11.8 Å². The van der Waals surface area contributed by atoms with Gasteiger partial charge in [0.1, 0.15) is 0 Å². The van der Waals surface area contributed by atoms with Crippen LogP contribution in [0.15, 0.2) is 53.2 Å². The van der Waals surface area contributed by atoms with Gasteiger partial charge in [0.25, 0.3) is 0 Å². The molecule has 1 saturated heterocycles. The van der Waals surface area contributed by atoms with Gasteiger partial charge in [0.05, 0.1) is 11.5 Å². The third kappa shape index (κ3) is 3.77. The Morgan fingerprint density at radius 1 is 1.20 bits per heavy atom. The Labute approximate surface area is 147 Å². The van der Waals surface area contributed by atoms with Gasteiger partial charge >= 0.3 is 0 Å². The SMILES string of the molecule is Cc1cccc(CN2CCCC(c3nnc(-c4cccnc4)o3)C2)c1. The molecular formula is C20H22N4O. The number of rotatable bonds is 4. The number of likely N-dealkylation sites (tertiary alicyclic amines) is 1. The number of hydrogen-bond donors (Lipinski definition) is 0. The highest BCUT2D eigenvalue weighted by atomic mass is 16.4. The van der Waals surface area contributed by atoms with E-state index in [0.29, 0.717) is 11.8 Å². The zero-order valence-corrected chi connectivity index (χ0v) is 14.4. The number of piperidine rings is 1. The number of aromatic nitrogens is 3. The lowest BCUT2D eigenvalue weighted by Gasteiger charge is -2.31. The van der Waals surface area contributed by atoms with Crippen molar-refractivity contribution >= 4 is 0 Å². The molecular weight excluding hydrogens is 312 g/mol. The summed E-state index contributed by atoms with van der Waals surface area (Å²) in [6, 6.07) is 12.5. The monoisotopic (exact) mass is 334 g/mol. The van der Waals surface area contributed by atoms with Crippen molar-refractivity contribution in [2.24, 2.45) is 0 Å². The summed E-state index contributed by atoms with van der Waals surface area (Å²) in [5.41, 5.74) is 3.54. The Kier molecular flexibility index (Phi) is 4.57. The molecule has 0 N–H and O–H groups in total. The van der Waals surface area contributed by atoms with E-state index < -0.39 is 0 Å². The number of pyridine rings is 1. The first kappa shape index (κ1) is 16.0. The molecule has 5 heteroatoms. The predicted molar refractivity (Wildman–Crippen MR) is 96.0 cm³/mol. The Morgan fingerprint density at radius 2 is 2.16 bits per heavy atom. The number of aryl methyl sites for hydroxylation is 1. The standard InChI is InChI=1S/C20H22N4O/c1-15-5-2-6-16(11-15)13-24-10-4-8-18(14-24)20-23-22-19(25-20)17-7-3-9-21-12-17/h2-3,5-7,9,11-12,18H,4,8,10,13-14H2,1H3. The van der Waals surface area contributed by atoms with Crippen LogP contribution in [0.2, 0.25) is 0 Å². The summed E-state index contributed by atoms with van der Waals surface area (Å²) >= 11 is 0. The molecule has 1 atom stereocenters. The second-order valence-electron chi connectivity index (χ2n) is 6.75. The van der Waals surface area contributed by atoms with Crippen molar-refractivity contribution < 1.29 is 4.42 Å². The van der Waals surface area contributed by atoms with Gasteiger partial charge in [0.15, 0.2) is 0 Å². The fraction of sp³-hybridized carbons (Fsp3) is 0.350. The molecule has 5 nitrogen and oxygen atoms in total. The predicted octanol–water partition coefficient (Wildman–Crippen LogP) is 3.82. The first-order chi connectivity index (χ1) is 12.3. The van der Waals surface area contributed by atoms with Gasteiger partial charge in [-0.3, -0.25) is 9.88 Å². The van der Waals surface area contributed by atoms with Crippen LogP contribution in [-0.4, -0.2) is 33.2 Å². The van der Waals surface area contributed by atoms with Crippen LogP contribution < -0.4 is 0 Å². The fourth-order valence-electron chi connectivity index (χ4n) is 3.47. The van der Waals surface area contributed by atoms with Crippen molar-refractivity contribution in [3.8, 4) is 11.5 Å². The molecule has 0 aliphatic carbocycles. The molecule has 1 fully saturated rings. The molecule has 0 saturated carbocycles. The summed E-state index contributed by atoms with van der Waals surface area (Å²) in [7, 11) is 0. The van der Waals surface area contributed by atoms with E-state index in [-0.39, 0.29) is 0 Å². The average molecular weight is 334 g/mol. The van der Waals surface area contributed by atoms with Crippen molar-refractivity contribution in [2.75, 3.05) is 13.1 Å². The normalized spacial score (nSPS) is 18.4. The van der Waals surface area contributed by atoms with Gasteiger partial charge in [-0.15, -0.1) is 10.2 Å². The highest BCUT2D eigenvalue weighted by Gasteiger charge is 2.26. The number of hydrogen-bond acceptors (Lipinski definition) is 5. The van der Waals surface area contributed by atoms with Crippen LogP contribution >= 0.6 is 0 Å². The Morgan fingerprint density at radius 3 is 3.00 bits per heavy atom. The molecule has 4 rings (SSSR count). The maximum atomic E-state index is 5.94. The van der Waals surface area contributed by atoms with Crippen LogP contribution in [-0.2, 0) is 6.54 Å². The topological polar surface area (TPSA) is 55.1 Å². The van der Waals surface area contributed by atoms with Crippen molar-refractivity contribution in [3.05, 3.63) is 65.8 Å². The largest absolute Gasteiger partial charge is 0.420 e. The Bertz CT molecular complexity index is 830. The molecule has 3 aromatic rings. The van der Waals surface area contributed by atoms with Crippen LogP contribution in [0.25, 0.3) is 11.5 Å². The summed E-state index contributed by atoms with van der Waals surface area (Å²) in [5.74, 6) is 1.60. The van der Waals surface area contributed by atoms with E-state index in [4.69, 9.17) is 4.42 Å². The van der Waals surface area contributed by atoms with Crippen LogP contribution in [0, 0.1) is 6.92 Å². The van der Waals surface area contributed by atoms with Gasteiger partial charge in [-0.05, 0) is 44.0 Å². The second-order valence-corrected chi connectivity index (χ2v) is 6.75. The molecule has 0 bridgehead atoms. The Hall–Kier alpha value is -2.53. The average Bonchev–Trinajstić information content (AvgIpc) is 3.13. The third-order valence-corrected chi connectivity index (χ3v) is 4.69. The number of nitrogens with zero attached hydrogens (tertiary/aromatic N) is 4. The summed E-state index contributed by atoms with van der Waals surface area (Å²) in [6.45, 7) is 5.19. The molecule has 2 aromatic heterocycles. The fourth-order valence-corrected chi connectivity index (χ4v) is 3.47. The lowest BCUT2D eigenvalue weighted by Crippen LogP contribution is -2.34. The zero-order valence-electron chi connectivity index (χ0n) is 14.4. The molecule has 3 heterocycles. The first-order valence-corrected chi connectivity index (χ1v) is 8.79. The van der Waals surface area contributed by atoms with Crippen LogP contribution in [0.3, 0.4) is 0 Å². The van der Waals surface area contributed by atoms with Crippen molar-refractivity contribution in [1.29, 1.82) is 0 Å². The van der Waals surface area contributed by atoms with E-state index in [0.717, 1.165) is 43.9 Å². The van der Waals surface area contributed by atoms with E-state index >= 15 is 0 Å². The van der Waals surface area contributed by atoms with Crippen molar-refractivity contribution in [3.63, 3.8) is 0 Å². The second kappa shape index (κ2) is 7.15. The molecule has 128 valence electrons. The van der Waals surface area contributed by atoms with Crippen LogP contribution in [0.4, 0.5) is 0 Å². The van der Waals surface area contributed by atoms with Gasteiger partial charge in [-0.2, -0.15) is 0 Å². The van der Waals surface area contributed by atoms with E-state index in [1.165, 1.54) is 11.1 Å². The molecule has 1 aliphatic rings. The highest BCUT2D eigenvalue weighted by molar-refractivity contribution is 5.50. The molecule has 1 aliphatic heterocycles. The summed E-state index contributed by atoms with van der Waals surface area (Å²) < 4.78 is 5.94. The Balaban J connectivity index is 1.45. The molecule has 1 aromatic carbocycles. The van der Waals surface area contributed by atoms with Crippen LogP contribution in [0.1, 0.15) is 35.8 Å². The minimum absolute atomic E-state index is 0.302. The first-order valence-electron chi connectivity index (χ1n) is 8.79. The minimum atomic E-state index is 0.302. The highest BCUT2D eigenvalue weighted by Crippen LogP contribution is 2.29. The van der Waals surface area contributed by atoms with Gasteiger partial charge in [0, 0.05) is 25.5 Å². The minimum Gasteiger partial charge on any atom is -0.420 e. The smallest absolute Gasteiger partial charge is 0.249 e. The lowest BCUT2D eigenvalue weighted by atomic mass is 9.97. The van der Waals surface area contributed by atoms with Crippen molar-refractivity contribution in [1.82, 2.24) is 20.1 Å². The van der Waals surface area contributed by atoms with E-state index in [9.17, 15) is 0 Å². The molecule has 1 unspecified atom stereocenters. The van der Waals surface area contributed by atoms with Gasteiger partial charge < -0.3 is 4.42 Å². The zero-order chi connectivity index (χ0) is 17.1. The summed E-state index contributed by atoms with van der Waals surface area (Å²) in [5, 5.41) is 8.51. The maximum absolute atomic E-state index is 5.94. The molecule has 0 radical (unpaired) electrons. The number of benzene rings is 1. The molecule has 0 spiro atoms. The van der Waals surface area contributed by atoms with E-state index in [1.54, 1.807) is 12.4 Å². The third-order valence-electron chi connectivity index (χ3n) is 4.69. The van der Waals surface area contributed by atoms with Crippen LogP contribution in [0.5, 0.6) is 0 Å². The van der Waals surface area contributed by atoms with E-state index in [1.807, 2.05) is 12.1 Å². The maximum Gasteiger partial charge on any atom is 0.249 e. The van der Waals surface area contributed by atoms with Gasteiger partial charge in [-0.1, -0.05) is 29.8 Å². The van der Waals surface area contributed by atoms with Crippen molar-refractivity contribution in [2.45, 2.75) is 32.2 Å². The van der Waals surface area contributed by atoms with E-state index in [2.05, 4.69) is 51.3 Å². The quantitative estimate of drug-likeness (QED) is 0.726. The summed E-state index contributed by atoms with van der Waals surface area (Å²) in [4.78, 5) is 6.60.